The lowest BCUT2D eigenvalue weighted by atomic mass is 9.67. The predicted octanol–water partition coefficient (Wildman–Crippen LogP) is 5.65. The highest BCUT2D eigenvalue weighted by molar-refractivity contribution is 9.10. The molecule has 4 rings (SSSR count). The van der Waals surface area contributed by atoms with Crippen LogP contribution in [0.4, 0.5) is 0 Å². The van der Waals surface area contributed by atoms with Gasteiger partial charge in [0.2, 0.25) is 0 Å². The van der Waals surface area contributed by atoms with E-state index in [2.05, 4.69) is 70.2 Å². The van der Waals surface area contributed by atoms with Gasteiger partial charge in [-0.1, -0.05) is 54.9 Å². The van der Waals surface area contributed by atoms with Gasteiger partial charge in [-0.2, -0.15) is 0 Å². The van der Waals surface area contributed by atoms with E-state index in [4.69, 9.17) is 11.6 Å². The number of hydrogen-bond acceptors (Lipinski definition) is 1. The second kappa shape index (κ2) is 5.91. The van der Waals surface area contributed by atoms with E-state index < -0.39 is 0 Å². The first-order valence-corrected chi connectivity index (χ1v) is 9.47. The maximum Gasteiger partial charge on any atom is 0.0582 e. The molecule has 23 heavy (non-hydrogen) atoms. The molecular formula is C20H21BrClN. The van der Waals surface area contributed by atoms with Gasteiger partial charge in [-0.05, 0) is 56.9 Å². The van der Waals surface area contributed by atoms with Gasteiger partial charge in [0, 0.05) is 30.0 Å². The summed E-state index contributed by atoms with van der Waals surface area (Å²) in [6.45, 7) is 5.82. The Labute approximate surface area is 151 Å². The van der Waals surface area contributed by atoms with E-state index in [1.165, 1.54) is 29.7 Å². The summed E-state index contributed by atoms with van der Waals surface area (Å²) in [5.41, 5.74) is 4.62. The zero-order valence-corrected chi connectivity index (χ0v) is 15.7. The highest BCUT2D eigenvalue weighted by Crippen LogP contribution is 2.52. The van der Waals surface area contributed by atoms with Crippen LogP contribution in [0, 0.1) is 5.41 Å². The van der Waals surface area contributed by atoms with Crippen LogP contribution in [0.1, 0.15) is 36.0 Å². The zero-order chi connectivity index (χ0) is 16.0. The fourth-order valence-electron chi connectivity index (χ4n) is 4.45. The van der Waals surface area contributed by atoms with E-state index in [1.54, 1.807) is 0 Å². The van der Waals surface area contributed by atoms with Crippen molar-refractivity contribution in [2.24, 2.45) is 5.41 Å². The summed E-state index contributed by atoms with van der Waals surface area (Å²) in [6.07, 6.45) is 2.33. The van der Waals surface area contributed by atoms with E-state index in [9.17, 15) is 0 Å². The Morgan fingerprint density at radius 2 is 2.00 bits per heavy atom. The largest absolute Gasteiger partial charge is 0.298 e. The van der Waals surface area contributed by atoms with Crippen LogP contribution in [0.25, 0.3) is 0 Å². The molecule has 0 amide bonds. The standard InChI is InChI=1S/C20H21BrClN/c1-20-10-9-16-15(7-8-18(21)19(16)22)17(20)12-23(13-20)11-14-5-3-2-4-6-14/h2-8,17H,9-13H2,1H3/t17-,20-/m0/s1. The van der Waals surface area contributed by atoms with Gasteiger partial charge in [-0.3, -0.25) is 4.90 Å². The summed E-state index contributed by atoms with van der Waals surface area (Å²) in [7, 11) is 0. The molecule has 0 aromatic heterocycles. The Bertz CT molecular complexity index is 730. The number of likely N-dealkylation sites (tertiary alicyclic amines) is 1. The number of rotatable bonds is 2. The van der Waals surface area contributed by atoms with E-state index in [0.29, 0.717) is 11.3 Å². The van der Waals surface area contributed by atoms with Crippen molar-refractivity contribution in [3.8, 4) is 0 Å². The lowest BCUT2D eigenvalue weighted by molar-refractivity contribution is 0.240. The third-order valence-electron chi connectivity index (χ3n) is 5.67. The number of benzene rings is 2. The predicted molar refractivity (Wildman–Crippen MR) is 100 cm³/mol. The Morgan fingerprint density at radius 1 is 1.22 bits per heavy atom. The molecule has 3 heteroatoms. The quantitative estimate of drug-likeness (QED) is 0.640. The molecular weight excluding hydrogens is 370 g/mol. The normalized spacial score (nSPS) is 26.8. The number of fused-ring (bicyclic) bond motifs is 3. The van der Waals surface area contributed by atoms with Crippen molar-refractivity contribution in [3.05, 3.63) is 68.7 Å². The Hall–Kier alpha value is -0.830. The fourth-order valence-corrected chi connectivity index (χ4v) is 5.09. The third-order valence-corrected chi connectivity index (χ3v) is 6.99. The Morgan fingerprint density at radius 3 is 2.78 bits per heavy atom. The monoisotopic (exact) mass is 389 g/mol. The zero-order valence-electron chi connectivity index (χ0n) is 13.4. The maximum atomic E-state index is 6.55. The van der Waals surface area contributed by atoms with Crippen molar-refractivity contribution in [1.29, 1.82) is 0 Å². The van der Waals surface area contributed by atoms with Crippen molar-refractivity contribution in [2.75, 3.05) is 13.1 Å². The minimum atomic E-state index is 0.374. The van der Waals surface area contributed by atoms with Gasteiger partial charge in [0.05, 0.1) is 5.02 Å². The number of halogens is 2. The van der Waals surface area contributed by atoms with Crippen molar-refractivity contribution in [2.45, 2.75) is 32.2 Å². The van der Waals surface area contributed by atoms with E-state index in [0.717, 1.165) is 29.0 Å². The number of nitrogens with zero attached hydrogens (tertiary/aromatic N) is 1. The molecule has 120 valence electrons. The summed E-state index contributed by atoms with van der Waals surface area (Å²) in [5.74, 6) is 0.598. The lowest BCUT2D eigenvalue weighted by Gasteiger charge is -2.37. The van der Waals surface area contributed by atoms with Crippen molar-refractivity contribution < 1.29 is 0 Å². The molecule has 2 atom stereocenters. The second-order valence-electron chi connectivity index (χ2n) is 7.29. The molecule has 0 N–H and O–H groups in total. The molecule has 1 heterocycles. The molecule has 0 bridgehead atoms. The van der Waals surface area contributed by atoms with E-state index >= 15 is 0 Å². The summed E-state index contributed by atoms with van der Waals surface area (Å²) in [4.78, 5) is 2.62. The maximum absolute atomic E-state index is 6.55. The Balaban J connectivity index is 1.63. The molecule has 1 aliphatic heterocycles. The van der Waals surface area contributed by atoms with Crippen LogP contribution in [0.15, 0.2) is 46.9 Å². The molecule has 2 aromatic rings. The molecule has 0 radical (unpaired) electrons. The van der Waals surface area contributed by atoms with Crippen LogP contribution >= 0.6 is 27.5 Å². The Kier molecular flexibility index (Phi) is 4.03. The van der Waals surface area contributed by atoms with Crippen LogP contribution in [0.3, 0.4) is 0 Å². The van der Waals surface area contributed by atoms with Gasteiger partial charge in [0.1, 0.15) is 0 Å². The van der Waals surface area contributed by atoms with Gasteiger partial charge < -0.3 is 0 Å². The summed E-state index contributed by atoms with van der Waals surface area (Å²) in [6, 6.07) is 15.2. The molecule has 0 unspecified atom stereocenters. The molecule has 1 saturated heterocycles. The van der Waals surface area contributed by atoms with Crippen LogP contribution in [0.5, 0.6) is 0 Å². The van der Waals surface area contributed by atoms with Crippen LogP contribution < -0.4 is 0 Å². The van der Waals surface area contributed by atoms with Crippen LogP contribution in [-0.2, 0) is 13.0 Å². The molecule has 0 saturated carbocycles. The summed E-state index contributed by atoms with van der Waals surface area (Å²) >= 11 is 10.1. The fraction of sp³-hybridized carbons (Fsp3) is 0.400. The van der Waals surface area contributed by atoms with Gasteiger partial charge in [-0.15, -0.1) is 0 Å². The van der Waals surface area contributed by atoms with Crippen molar-refractivity contribution >= 4 is 27.5 Å². The number of hydrogen-bond donors (Lipinski definition) is 0. The highest BCUT2D eigenvalue weighted by Gasteiger charge is 2.46. The highest BCUT2D eigenvalue weighted by atomic mass is 79.9. The van der Waals surface area contributed by atoms with E-state index in [-0.39, 0.29) is 0 Å². The molecule has 1 aliphatic carbocycles. The summed E-state index contributed by atoms with van der Waals surface area (Å²) in [5, 5.41) is 0.922. The first kappa shape index (κ1) is 15.7. The van der Waals surface area contributed by atoms with E-state index in [1.807, 2.05) is 0 Å². The smallest absolute Gasteiger partial charge is 0.0582 e. The molecule has 1 fully saturated rings. The van der Waals surface area contributed by atoms with Gasteiger partial charge >= 0.3 is 0 Å². The second-order valence-corrected chi connectivity index (χ2v) is 8.52. The minimum Gasteiger partial charge on any atom is -0.298 e. The molecule has 2 aromatic carbocycles. The molecule has 0 spiro atoms. The van der Waals surface area contributed by atoms with Crippen molar-refractivity contribution in [1.82, 2.24) is 4.90 Å². The average Bonchev–Trinajstić information content (AvgIpc) is 2.88. The van der Waals surface area contributed by atoms with Crippen molar-refractivity contribution in [3.63, 3.8) is 0 Å². The summed E-state index contributed by atoms with van der Waals surface area (Å²) < 4.78 is 1.03. The van der Waals surface area contributed by atoms with Gasteiger partial charge in [0.25, 0.3) is 0 Å². The van der Waals surface area contributed by atoms with Crippen LogP contribution in [0.2, 0.25) is 5.02 Å². The average molecular weight is 391 g/mol. The third kappa shape index (κ3) is 2.75. The first-order valence-electron chi connectivity index (χ1n) is 8.30. The molecule has 1 nitrogen and oxygen atoms in total. The van der Waals surface area contributed by atoms with Gasteiger partial charge in [0.15, 0.2) is 0 Å². The SMILES string of the molecule is C[C@@]12CCc3c(ccc(Br)c3Cl)[C@@H]1CN(Cc1ccccc1)C2. The van der Waals surface area contributed by atoms with Crippen LogP contribution in [-0.4, -0.2) is 18.0 Å². The lowest BCUT2D eigenvalue weighted by Crippen LogP contribution is -2.30. The van der Waals surface area contributed by atoms with Gasteiger partial charge in [-0.25, -0.2) is 0 Å². The minimum absolute atomic E-state index is 0.374. The first-order chi connectivity index (χ1) is 11.1. The molecule has 2 aliphatic rings. The topological polar surface area (TPSA) is 3.24 Å².